The average Bonchev–Trinajstić information content (AvgIpc) is 1.86. The van der Waals surface area contributed by atoms with E-state index in [4.69, 9.17) is 0 Å². The standard InChI is InChI=1S/C9H13NS/c1-9(2,3)7-4-5-10-8(11)6-7/h4-6H,1-3H3,(H,10,11). The Hall–Kier alpha value is -0.500. The van der Waals surface area contributed by atoms with Gasteiger partial charge in [-0.15, -0.1) is 12.6 Å². The summed E-state index contributed by atoms with van der Waals surface area (Å²) >= 11 is 4.17. The van der Waals surface area contributed by atoms with Gasteiger partial charge < -0.3 is 0 Å². The summed E-state index contributed by atoms with van der Waals surface area (Å²) < 4.78 is 0. The van der Waals surface area contributed by atoms with Crippen LogP contribution in [-0.4, -0.2) is 4.98 Å². The zero-order valence-corrected chi connectivity index (χ0v) is 8.02. The first-order valence-corrected chi connectivity index (χ1v) is 4.10. The van der Waals surface area contributed by atoms with Gasteiger partial charge in [0.2, 0.25) is 0 Å². The number of hydrogen-bond donors (Lipinski definition) is 1. The Kier molecular flexibility index (Phi) is 2.23. The summed E-state index contributed by atoms with van der Waals surface area (Å²) in [5.74, 6) is 0. The molecule has 0 aliphatic heterocycles. The second-order valence-corrected chi connectivity index (χ2v) is 4.11. The third-order valence-electron chi connectivity index (χ3n) is 1.61. The number of nitrogens with zero attached hydrogens (tertiary/aromatic N) is 1. The van der Waals surface area contributed by atoms with Crippen molar-refractivity contribution in [3.05, 3.63) is 23.9 Å². The van der Waals surface area contributed by atoms with Crippen LogP contribution in [-0.2, 0) is 5.41 Å². The van der Waals surface area contributed by atoms with Crippen molar-refractivity contribution in [1.82, 2.24) is 4.98 Å². The SMILES string of the molecule is CC(C)(C)c1ccnc(S)c1. The molecule has 0 aliphatic carbocycles. The highest BCUT2D eigenvalue weighted by molar-refractivity contribution is 7.80. The molecule has 1 aromatic heterocycles. The molecule has 0 saturated heterocycles. The zero-order chi connectivity index (χ0) is 8.48. The largest absolute Gasteiger partial charge is 0.250 e. The molecule has 0 unspecified atom stereocenters. The fourth-order valence-corrected chi connectivity index (χ4v) is 1.09. The fourth-order valence-electron chi connectivity index (χ4n) is 0.885. The summed E-state index contributed by atoms with van der Waals surface area (Å²) in [6.45, 7) is 6.53. The molecule has 0 spiro atoms. The van der Waals surface area contributed by atoms with Gasteiger partial charge in [0.25, 0.3) is 0 Å². The van der Waals surface area contributed by atoms with Crippen LogP contribution in [0.2, 0.25) is 0 Å². The third kappa shape index (κ3) is 2.22. The number of hydrogen-bond acceptors (Lipinski definition) is 2. The van der Waals surface area contributed by atoms with Crippen LogP contribution in [0.4, 0.5) is 0 Å². The van der Waals surface area contributed by atoms with E-state index in [1.165, 1.54) is 5.56 Å². The Bertz CT molecular complexity index is 250. The van der Waals surface area contributed by atoms with Gasteiger partial charge in [-0.3, -0.25) is 4.98 Å². The molecule has 0 aliphatic rings. The first-order chi connectivity index (χ1) is 5.00. The van der Waals surface area contributed by atoms with Gasteiger partial charge in [0.1, 0.15) is 0 Å². The molecular weight excluding hydrogens is 154 g/mol. The Morgan fingerprint density at radius 3 is 2.36 bits per heavy atom. The van der Waals surface area contributed by atoms with Gasteiger partial charge in [-0.2, -0.15) is 0 Å². The van der Waals surface area contributed by atoms with E-state index in [1.807, 2.05) is 12.1 Å². The third-order valence-corrected chi connectivity index (χ3v) is 1.86. The van der Waals surface area contributed by atoms with Crippen molar-refractivity contribution in [3.8, 4) is 0 Å². The second-order valence-electron chi connectivity index (χ2n) is 3.65. The van der Waals surface area contributed by atoms with Crippen LogP contribution in [0.15, 0.2) is 23.4 Å². The molecule has 11 heavy (non-hydrogen) atoms. The van der Waals surface area contributed by atoms with E-state index in [9.17, 15) is 0 Å². The molecule has 60 valence electrons. The van der Waals surface area contributed by atoms with Crippen LogP contribution in [0.5, 0.6) is 0 Å². The minimum atomic E-state index is 0.195. The maximum absolute atomic E-state index is 4.17. The molecule has 0 atom stereocenters. The van der Waals surface area contributed by atoms with Gasteiger partial charge in [-0.05, 0) is 23.1 Å². The lowest BCUT2D eigenvalue weighted by molar-refractivity contribution is 0.587. The van der Waals surface area contributed by atoms with Gasteiger partial charge >= 0.3 is 0 Å². The van der Waals surface area contributed by atoms with Crippen LogP contribution >= 0.6 is 12.6 Å². The quantitative estimate of drug-likeness (QED) is 0.586. The van der Waals surface area contributed by atoms with Gasteiger partial charge in [0.15, 0.2) is 0 Å². The fraction of sp³-hybridized carbons (Fsp3) is 0.444. The number of rotatable bonds is 0. The molecule has 0 radical (unpaired) electrons. The maximum Gasteiger partial charge on any atom is 0.0932 e. The van der Waals surface area contributed by atoms with Gasteiger partial charge in [0.05, 0.1) is 5.03 Å². The minimum Gasteiger partial charge on any atom is -0.250 e. The van der Waals surface area contributed by atoms with Crippen LogP contribution in [0.1, 0.15) is 26.3 Å². The second kappa shape index (κ2) is 2.86. The molecule has 1 rings (SSSR count). The Balaban J connectivity index is 3.06. The Morgan fingerprint density at radius 2 is 2.00 bits per heavy atom. The molecule has 0 N–H and O–H groups in total. The van der Waals surface area contributed by atoms with Gasteiger partial charge in [-0.1, -0.05) is 20.8 Å². The van der Waals surface area contributed by atoms with Gasteiger partial charge in [0, 0.05) is 6.20 Å². The predicted molar refractivity (Wildman–Crippen MR) is 50.2 cm³/mol. The summed E-state index contributed by atoms with van der Waals surface area (Å²) in [5.41, 5.74) is 1.47. The summed E-state index contributed by atoms with van der Waals surface area (Å²) in [7, 11) is 0. The van der Waals surface area contributed by atoms with Crippen molar-refractivity contribution >= 4 is 12.6 Å². The van der Waals surface area contributed by atoms with E-state index in [0.717, 1.165) is 5.03 Å². The summed E-state index contributed by atoms with van der Waals surface area (Å²) in [4.78, 5) is 4.02. The topological polar surface area (TPSA) is 12.9 Å². The highest BCUT2D eigenvalue weighted by Gasteiger charge is 2.12. The van der Waals surface area contributed by atoms with Crippen molar-refractivity contribution in [2.75, 3.05) is 0 Å². The molecule has 0 amide bonds. The maximum atomic E-state index is 4.17. The minimum absolute atomic E-state index is 0.195. The van der Waals surface area contributed by atoms with Crippen LogP contribution in [0.3, 0.4) is 0 Å². The molecular formula is C9H13NS. The van der Waals surface area contributed by atoms with Crippen molar-refractivity contribution in [3.63, 3.8) is 0 Å². The smallest absolute Gasteiger partial charge is 0.0932 e. The monoisotopic (exact) mass is 167 g/mol. The highest BCUT2D eigenvalue weighted by atomic mass is 32.1. The molecule has 0 saturated carbocycles. The lowest BCUT2D eigenvalue weighted by atomic mass is 9.88. The van der Waals surface area contributed by atoms with E-state index in [2.05, 4.69) is 38.4 Å². The first kappa shape index (κ1) is 8.60. The highest BCUT2D eigenvalue weighted by Crippen LogP contribution is 2.22. The molecule has 1 aromatic rings. The molecule has 1 heterocycles. The van der Waals surface area contributed by atoms with E-state index < -0.39 is 0 Å². The molecule has 2 heteroatoms. The van der Waals surface area contributed by atoms with Crippen LogP contribution in [0.25, 0.3) is 0 Å². The molecule has 0 aromatic carbocycles. The first-order valence-electron chi connectivity index (χ1n) is 3.65. The van der Waals surface area contributed by atoms with Crippen LogP contribution < -0.4 is 0 Å². The zero-order valence-electron chi connectivity index (χ0n) is 7.13. The summed E-state index contributed by atoms with van der Waals surface area (Å²) in [5, 5.41) is 0.789. The Labute approximate surface area is 73.3 Å². The summed E-state index contributed by atoms with van der Waals surface area (Å²) in [6.07, 6.45) is 1.79. The average molecular weight is 167 g/mol. The van der Waals surface area contributed by atoms with Crippen molar-refractivity contribution in [2.45, 2.75) is 31.2 Å². The van der Waals surface area contributed by atoms with Gasteiger partial charge in [-0.25, -0.2) is 0 Å². The lowest BCUT2D eigenvalue weighted by Crippen LogP contribution is -2.10. The van der Waals surface area contributed by atoms with E-state index in [-0.39, 0.29) is 5.41 Å². The normalized spacial score (nSPS) is 11.6. The molecule has 0 bridgehead atoms. The molecule has 0 fully saturated rings. The van der Waals surface area contributed by atoms with E-state index in [0.29, 0.717) is 0 Å². The number of thiol groups is 1. The van der Waals surface area contributed by atoms with Crippen molar-refractivity contribution < 1.29 is 0 Å². The van der Waals surface area contributed by atoms with E-state index >= 15 is 0 Å². The lowest BCUT2D eigenvalue weighted by Gasteiger charge is -2.18. The number of pyridine rings is 1. The van der Waals surface area contributed by atoms with Crippen LogP contribution in [0, 0.1) is 0 Å². The predicted octanol–water partition coefficient (Wildman–Crippen LogP) is 2.67. The van der Waals surface area contributed by atoms with Crippen molar-refractivity contribution in [2.24, 2.45) is 0 Å². The van der Waals surface area contributed by atoms with E-state index in [1.54, 1.807) is 6.20 Å². The molecule has 1 nitrogen and oxygen atoms in total. The number of aromatic nitrogens is 1. The summed E-state index contributed by atoms with van der Waals surface area (Å²) in [6, 6.07) is 4.03. The Morgan fingerprint density at radius 1 is 1.36 bits per heavy atom. The van der Waals surface area contributed by atoms with Crippen molar-refractivity contribution in [1.29, 1.82) is 0 Å².